The molecule has 5 rings (SSSR count). The molecule has 39 heavy (non-hydrogen) atoms. The molecule has 194 valence electrons. The summed E-state index contributed by atoms with van der Waals surface area (Å²) in [5.74, 6) is 0. The van der Waals surface area contributed by atoms with Crippen LogP contribution < -0.4 is 15.6 Å². The Morgan fingerprint density at radius 1 is 0.667 bits per heavy atom. The zero-order valence-corrected chi connectivity index (χ0v) is 24.4. The molecule has 0 saturated heterocycles. The second-order valence-electron chi connectivity index (χ2n) is 10.3. The van der Waals surface area contributed by atoms with Gasteiger partial charge in [0.25, 0.3) is 8.24 Å². The first kappa shape index (κ1) is 26.5. The van der Waals surface area contributed by atoms with Crippen molar-refractivity contribution in [1.82, 2.24) is 0 Å². The second-order valence-corrected chi connectivity index (χ2v) is 13.7. The number of rotatable bonds is 7. The van der Waals surface area contributed by atoms with Gasteiger partial charge in [0, 0.05) is 12.1 Å². The SMILES string of the molecule is CC(=Nc1c(C)cc(C)cc1C)C1=CCC(/C(C)=N/[Si](c2ccccc2)(c2ccccc2)c2ccccc2)=N1. The molecule has 0 amide bonds. The van der Waals surface area contributed by atoms with Gasteiger partial charge in [-0.2, -0.15) is 0 Å². The van der Waals surface area contributed by atoms with E-state index in [0.29, 0.717) is 0 Å². The summed E-state index contributed by atoms with van der Waals surface area (Å²) in [7, 11) is -2.73. The fraction of sp³-hybridized carbons (Fsp3) is 0.171. The van der Waals surface area contributed by atoms with Gasteiger partial charge in [0.2, 0.25) is 0 Å². The van der Waals surface area contributed by atoms with Crippen molar-refractivity contribution in [2.75, 3.05) is 0 Å². The Bertz CT molecular complexity index is 1480. The van der Waals surface area contributed by atoms with Crippen molar-refractivity contribution in [2.45, 2.75) is 41.0 Å². The summed E-state index contributed by atoms with van der Waals surface area (Å²) in [5.41, 5.74) is 8.55. The van der Waals surface area contributed by atoms with E-state index in [9.17, 15) is 0 Å². The van der Waals surface area contributed by atoms with E-state index in [1.807, 2.05) is 0 Å². The van der Waals surface area contributed by atoms with Gasteiger partial charge in [-0.1, -0.05) is 115 Å². The molecule has 0 atom stereocenters. The van der Waals surface area contributed by atoms with Gasteiger partial charge >= 0.3 is 0 Å². The topological polar surface area (TPSA) is 37.1 Å². The maximum Gasteiger partial charge on any atom is 0.273 e. The Hall–Kier alpha value is -4.15. The number of benzene rings is 4. The molecule has 4 aromatic carbocycles. The molecule has 0 spiro atoms. The third-order valence-electron chi connectivity index (χ3n) is 7.36. The van der Waals surface area contributed by atoms with Crippen LogP contribution in [0.2, 0.25) is 0 Å². The summed E-state index contributed by atoms with van der Waals surface area (Å²) >= 11 is 0. The molecule has 1 aliphatic rings. The molecule has 0 fully saturated rings. The zero-order chi connectivity index (χ0) is 27.4. The van der Waals surface area contributed by atoms with Crippen molar-refractivity contribution >= 4 is 46.6 Å². The minimum Gasteiger partial charge on any atom is -0.307 e. The summed E-state index contributed by atoms with van der Waals surface area (Å²) in [5, 5.41) is 3.78. The Morgan fingerprint density at radius 2 is 1.13 bits per heavy atom. The van der Waals surface area contributed by atoms with Crippen molar-refractivity contribution in [2.24, 2.45) is 14.6 Å². The highest BCUT2D eigenvalue weighted by Gasteiger charge is 2.40. The maximum absolute atomic E-state index is 5.67. The quantitative estimate of drug-likeness (QED) is 0.149. The van der Waals surface area contributed by atoms with Crippen LogP contribution in [0, 0.1) is 20.8 Å². The first-order valence-corrected chi connectivity index (χ1v) is 15.5. The van der Waals surface area contributed by atoms with Gasteiger partial charge in [-0.3, -0.25) is 4.99 Å². The molecular weight excluding hydrogens is 490 g/mol. The maximum atomic E-state index is 5.67. The highest BCUT2D eigenvalue weighted by Crippen LogP contribution is 2.27. The van der Waals surface area contributed by atoms with E-state index in [0.717, 1.165) is 34.9 Å². The molecule has 1 heterocycles. The lowest BCUT2D eigenvalue weighted by Crippen LogP contribution is -2.66. The van der Waals surface area contributed by atoms with Crippen LogP contribution in [0.1, 0.15) is 37.0 Å². The Balaban J connectivity index is 1.59. The van der Waals surface area contributed by atoms with Gasteiger partial charge in [0.05, 0.1) is 22.8 Å². The molecule has 0 bridgehead atoms. The largest absolute Gasteiger partial charge is 0.307 e. The van der Waals surface area contributed by atoms with Crippen LogP contribution in [0.25, 0.3) is 0 Å². The predicted octanol–water partition coefficient (Wildman–Crippen LogP) is 6.56. The van der Waals surface area contributed by atoms with E-state index in [1.54, 1.807) is 0 Å². The summed E-state index contributed by atoms with van der Waals surface area (Å²) < 4.78 is 5.67. The Morgan fingerprint density at radius 3 is 1.59 bits per heavy atom. The van der Waals surface area contributed by atoms with Gasteiger partial charge in [-0.25, -0.2) is 4.99 Å². The van der Waals surface area contributed by atoms with Gasteiger partial charge in [-0.15, -0.1) is 0 Å². The molecule has 1 aliphatic heterocycles. The van der Waals surface area contributed by atoms with Gasteiger partial charge in [-0.05, 0) is 61.3 Å². The number of nitrogens with zero attached hydrogens (tertiary/aromatic N) is 3. The van der Waals surface area contributed by atoms with Crippen LogP contribution in [0.3, 0.4) is 0 Å². The van der Waals surface area contributed by atoms with Crippen LogP contribution in [0.15, 0.2) is 130 Å². The number of hydrogen-bond acceptors (Lipinski definition) is 3. The van der Waals surface area contributed by atoms with Gasteiger partial charge in [0.1, 0.15) is 0 Å². The highest BCUT2D eigenvalue weighted by molar-refractivity contribution is 7.11. The second kappa shape index (κ2) is 11.3. The lowest BCUT2D eigenvalue weighted by atomic mass is 10.1. The van der Waals surface area contributed by atoms with Crippen molar-refractivity contribution in [3.8, 4) is 0 Å². The third-order valence-corrected chi connectivity index (χ3v) is 11.5. The van der Waals surface area contributed by atoms with Crippen LogP contribution in [0.4, 0.5) is 5.69 Å². The molecule has 4 aromatic rings. The normalized spacial score (nSPS) is 14.3. The lowest BCUT2D eigenvalue weighted by Gasteiger charge is -2.30. The number of aryl methyl sites for hydroxylation is 3. The summed E-state index contributed by atoms with van der Waals surface area (Å²) in [4.78, 5) is 10.1. The molecule has 0 radical (unpaired) electrons. The van der Waals surface area contributed by atoms with Crippen LogP contribution in [-0.2, 0) is 0 Å². The molecule has 0 aromatic heterocycles. The van der Waals surface area contributed by atoms with Crippen LogP contribution in [-0.4, -0.2) is 25.4 Å². The van der Waals surface area contributed by atoms with E-state index >= 15 is 0 Å². The molecule has 0 N–H and O–H groups in total. The standard InChI is InChI=1S/C35H35N3Si/c1-25-23-26(2)35(27(3)24-25)36-28(4)33-21-22-34(37-33)29(5)38-39(30-15-9-6-10-16-30,31-17-11-7-12-18-31)32-19-13-8-14-20-32/h6-21,23-24H,22H2,1-5H3/b36-28?,38-29+. The van der Waals surface area contributed by atoms with Crippen LogP contribution in [0.5, 0.6) is 0 Å². The first-order valence-electron chi connectivity index (χ1n) is 13.5. The van der Waals surface area contributed by atoms with Crippen molar-refractivity contribution < 1.29 is 0 Å². The van der Waals surface area contributed by atoms with Gasteiger partial charge in [0.15, 0.2) is 0 Å². The number of allylic oxidation sites excluding steroid dienone is 2. The summed E-state index contributed by atoms with van der Waals surface area (Å²) in [6.07, 6.45) is 2.94. The number of aliphatic imine (C=N–C) groups is 2. The smallest absolute Gasteiger partial charge is 0.273 e. The predicted molar refractivity (Wildman–Crippen MR) is 171 cm³/mol. The van der Waals surface area contributed by atoms with E-state index in [4.69, 9.17) is 14.6 Å². The van der Waals surface area contributed by atoms with Crippen LogP contribution >= 0.6 is 0 Å². The lowest BCUT2D eigenvalue weighted by molar-refractivity contribution is 1.28. The van der Waals surface area contributed by atoms with Gasteiger partial charge < -0.3 is 4.66 Å². The molecular formula is C35H35N3Si. The fourth-order valence-corrected chi connectivity index (χ4v) is 9.55. The average molecular weight is 526 g/mol. The van der Waals surface area contributed by atoms with E-state index < -0.39 is 8.24 Å². The van der Waals surface area contributed by atoms with Crippen molar-refractivity contribution in [1.29, 1.82) is 0 Å². The summed E-state index contributed by atoms with van der Waals surface area (Å²) in [6.45, 7) is 10.6. The molecule has 0 unspecified atom stereocenters. The minimum absolute atomic E-state index is 0.756. The van der Waals surface area contributed by atoms with Crippen molar-refractivity contribution in [3.05, 3.63) is 132 Å². The molecule has 0 aliphatic carbocycles. The molecule has 0 saturated carbocycles. The zero-order valence-electron chi connectivity index (χ0n) is 23.4. The number of hydrogen-bond donors (Lipinski definition) is 0. The third kappa shape index (κ3) is 5.38. The molecule has 3 nitrogen and oxygen atoms in total. The van der Waals surface area contributed by atoms with Crippen molar-refractivity contribution in [3.63, 3.8) is 0 Å². The van der Waals surface area contributed by atoms with E-state index in [2.05, 4.69) is 144 Å². The highest BCUT2D eigenvalue weighted by atomic mass is 28.3. The van der Waals surface area contributed by atoms with E-state index in [-0.39, 0.29) is 0 Å². The fourth-order valence-electron chi connectivity index (χ4n) is 5.51. The van der Waals surface area contributed by atoms with E-state index in [1.165, 1.54) is 32.3 Å². The Kier molecular flexibility index (Phi) is 7.67. The monoisotopic (exact) mass is 525 g/mol. The molecule has 4 heteroatoms. The average Bonchev–Trinajstić information content (AvgIpc) is 3.46. The first-order chi connectivity index (χ1) is 18.9. The summed E-state index contributed by atoms with van der Waals surface area (Å²) in [6, 6.07) is 36.7. The Labute approximate surface area is 233 Å². The minimum atomic E-state index is -2.73.